The fraction of sp³-hybridized carbons (Fsp3) is 0.429. The second-order valence-corrected chi connectivity index (χ2v) is 5.36. The van der Waals surface area contributed by atoms with Crippen molar-refractivity contribution in [3.05, 3.63) is 29.8 Å². The van der Waals surface area contributed by atoms with Crippen LogP contribution in [0.2, 0.25) is 0 Å². The number of nitrogen functional groups attached to an aromatic ring is 1. The van der Waals surface area contributed by atoms with Crippen LogP contribution in [0.15, 0.2) is 24.3 Å². The van der Waals surface area contributed by atoms with E-state index in [1.807, 2.05) is 24.3 Å². The van der Waals surface area contributed by atoms with Crippen molar-refractivity contribution in [2.24, 2.45) is 0 Å². The van der Waals surface area contributed by atoms with E-state index < -0.39 is 5.54 Å². The van der Waals surface area contributed by atoms with E-state index in [-0.39, 0.29) is 11.9 Å². The maximum atomic E-state index is 12.0. The third-order valence-electron chi connectivity index (χ3n) is 3.27. The molecule has 0 radical (unpaired) electrons. The minimum atomic E-state index is -0.779. The number of carbonyl (C=O) groups excluding carboxylic acids is 2. The van der Waals surface area contributed by atoms with Crippen LogP contribution < -0.4 is 11.1 Å². The van der Waals surface area contributed by atoms with E-state index >= 15 is 0 Å². The van der Waals surface area contributed by atoms with E-state index in [1.54, 1.807) is 13.8 Å². The van der Waals surface area contributed by atoms with E-state index in [1.165, 1.54) is 4.90 Å². The van der Waals surface area contributed by atoms with Gasteiger partial charge < -0.3 is 11.1 Å². The lowest BCUT2D eigenvalue weighted by Crippen LogP contribution is -2.40. The summed E-state index contributed by atoms with van der Waals surface area (Å²) < 4.78 is 0. The standard InChI is InChI=1S/C14H19N3O2/c1-14(2)12(18)17(13(19)16-14)9-3-4-10-5-7-11(15)8-6-10/h5-8H,3-4,9,15H2,1-2H3,(H,16,19). The number of aryl methyl sites for hydroxylation is 1. The second kappa shape index (κ2) is 4.91. The summed E-state index contributed by atoms with van der Waals surface area (Å²) in [5, 5.41) is 2.67. The van der Waals surface area contributed by atoms with Crippen LogP contribution in [0.5, 0.6) is 0 Å². The molecule has 0 saturated carbocycles. The first-order chi connectivity index (χ1) is 8.90. The Morgan fingerprint density at radius 1 is 1.21 bits per heavy atom. The zero-order valence-corrected chi connectivity index (χ0v) is 11.3. The van der Waals surface area contributed by atoms with Gasteiger partial charge in [0, 0.05) is 12.2 Å². The summed E-state index contributed by atoms with van der Waals surface area (Å²) in [5.41, 5.74) is 6.72. The summed E-state index contributed by atoms with van der Waals surface area (Å²) in [6.45, 7) is 3.87. The molecule has 0 unspecified atom stereocenters. The minimum Gasteiger partial charge on any atom is -0.399 e. The van der Waals surface area contributed by atoms with Crippen LogP contribution in [0, 0.1) is 0 Å². The van der Waals surface area contributed by atoms with Gasteiger partial charge in [-0.25, -0.2) is 4.79 Å². The highest BCUT2D eigenvalue weighted by molar-refractivity contribution is 6.06. The lowest BCUT2D eigenvalue weighted by atomic mass is 10.1. The molecular weight excluding hydrogens is 242 g/mol. The van der Waals surface area contributed by atoms with Crippen LogP contribution in [0.25, 0.3) is 0 Å². The smallest absolute Gasteiger partial charge is 0.325 e. The molecule has 1 aromatic carbocycles. The van der Waals surface area contributed by atoms with Crippen molar-refractivity contribution in [1.29, 1.82) is 0 Å². The number of hydrogen-bond donors (Lipinski definition) is 2. The van der Waals surface area contributed by atoms with Crippen LogP contribution in [0.3, 0.4) is 0 Å². The predicted octanol–water partition coefficient (Wildman–Crippen LogP) is 1.53. The third-order valence-corrected chi connectivity index (χ3v) is 3.27. The molecule has 3 amide bonds. The maximum Gasteiger partial charge on any atom is 0.325 e. The maximum absolute atomic E-state index is 12.0. The van der Waals surface area contributed by atoms with E-state index in [4.69, 9.17) is 5.73 Å². The molecule has 1 heterocycles. The van der Waals surface area contributed by atoms with Gasteiger partial charge in [0.05, 0.1) is 0 Å². The van der Waals surface area contributed by atoms with Crippen LogP contribution in [0.1, 0.15) is 25.8 Å². The molecule has 1 aliphatic rings. The first-order valence-corrected chi connectivity index (χ1v) is 6.39. The molecule has 1 fully saturated rings. The van der Waals surface area contributed by atoms with Gasteiger partial charge in [0.15, 0.2) is 0 Å². The molecule has 19 heavy (non-hydrogen) atoms. The predicted molar refractivity (Wildman–Crippen MR) is 73.5 cm³/mol. The Morgan fingerprint density at radius 2 is 1.84 bits per heavy atom. The highest BCUT2D eigenvalue weighted by Crippen LogP contribution is 2.17. The summed E-state index contributed by atoms with van der Waals surface area (Å²) in [4.78, 5) is 24.9. The van der Waals surface area contributed by atoms with Crippen LogP contribution in [0.4, 0.5) is 10.5 Å². The van der Waals surface area contributed by atoms with E-state index in [0.29, 0.717) is 6.54 Å². The molecule has 0 spiro atoms. The Labute approximate surface area is 112 Å². The molecule has 0 aromatic heterocycles. The molecule has 1 aliphatic heterocycles. The average Bonchev–Trinajstić information content (AvgIpc) is 2.53. The Bertz CT molecular complexity index is 494. The molecule has 102 valence electrons. The van der Waals surface area contributed by atoms with Gasteiger partial charge in [-0.05, 0) is 44.4 Å². The molecule has 0 atom stereocenters. The highest BCUT2D eigenvalue weighted by atomic mass is 16.2. The first kappa shape index (κ1) is 13.4. The number of nitrogens with two attached hydrogens (primary N) is 1. The molecule has 3 N–H and O–H groups in total. The van der Waals surface area contributed by atoms with Crippen molar-refractivity contribution in [2.75, 3.05) is 12.3 Å². The summed E-state index contributed by atoms with van der Waals surface area (Å²) >= 11 is 0. The largest absolute Gasteiger partial charge is 0.399 e. The number of carbonyl (C=O) groups is 2. The second-order valence-electron chi connectivity index (χ2n) is 5.36. The topological polar surface area (TPSA) is 75.4 Å². The average molecular weight is 261 g/mol. The number of nitrogens with zero attached hydrogens (tertiary/aromatic N) is 1. The fourth-order valence-corrected chi connectivity index (χ4v) is 2.15. The number of hydrogen-bond acceptors (Lipinski definition) is 3. The Balaban J connectivity index is 1.88. The SMILES string of the molecule is CC1(C)NC(=O)N(CCCc2ccc(N)cc2)C1=O. The molecular formula is C14H19N3O2. The molecule has 5 heteroatoms. The molecule has 1 saturated heterocycles. The molecule has 0 bridgehead atoms. The molecule has 5 nitrogen and oxygen atoms in total. The van der Waals surface area contributed by atoms with Crippen LogP contribution in [-0.2, 0) is 11.2 Å². The van der Waals surface area contributed by atoms with Gasteiger partial charge in [-0.1, -0.05) is 12.1 Å². The monoisotopic (exact) mass is 261 g/mol. The van der Waals surface area contributed by atoms with Crippen LogP contribution in [-0.4, -0.2) is 28.9 Å². The van der Waals surface area contributed by atoms with Crippen molar-refractivity contribution in [3.8, 4) is 0 Å². The minimum absolute atomic E-state index is 0.158. The quantitative estimate of drug-likeness (QED) is 0.637. The van der Waals surface area contributed by atoms with E-state index in [9.17, 15) is 9.59 Å². The number of benzene rings is 1. The van der Waals surface area contributed by atoms with Crippen molar-refractivity contribution in [2.45, 2.75) is 32.2 Å². The number of amides is 3. The van der Waals surface area contributed by atoms with Gasteiger partial charge in [0.1, 0.15) is 5.54 Å². The fourth-order valence-electron chi connectivity index (χ4n) is 2.15. The molecule has 2 rings (SSSR count). The molecule has 1 aromatic rings. The lowest BCUT2D eigenvalue weighted by molar-refractivity contribution is -0.130. The number of nitrogens with one attached hydrogen (secondary N) is 1. The van der Waals surface area contributed by atoms with Gasteiger partial charge in [-0.2, -0.15) is 0 Å². The summed E-state index contributed by atoms with van der Waals surface area (Å²) in [7, 11) is 0. The van der Waals surface area contributed by atoms with Crippen molar-refractivity contribution >= 4 is 17.6 Å². The third kappa shape index (κ3) is 2.86. The summed E-state index contributed by atoms with van der Waals surface area (Å²) in [6.07, 6.45) is 1.57. The Kier molecular flexibility index (Phi) is 3.46. The van der Waals surface area contributed by atoms with E-state index in [2.05, 4.69) is 5.32 Å². The van der Waals surface area contributed by atoms with Gasteiger partial charge in [0.2, 0.25) is 0 Å². The van der Waals surface area contributed by atoms with Crippen LogP contribution >= 0.6 is 0 Å². The van der Waals surface area contributed by atoms with Gasteiger partial charge in [-0.15, -0.1) is 0 Å². The molecule has 0 aliphatic carbocycles. The van der Waals surface area contributed by atoms with Gasteiger partial charge in [-0.3, -0.25) is 9.69 Å². The number of urea groups is 1. The zero-order chi connectivity index (χ0) is 14.0. The van der Waals surface area contributed by atoms with Crippen molar-refractivity contribution < 1.29 is 9.59 Å². The van der Waals surface area contributed by atoms with Crippen molar-refractivity contribution in [3.63, 3.8) is 0 Å². The number of anilines is 1. The normalized spacial score (nSPS) is 17.7. The number of imide groups is 1. The Hall–Kier alpha value is -2.04. The summed E-state index contributed by atoms with van der Waals surface area (Å²) in [6, 6.07) is 7.33. The van der Waals surface area contributed by atoms with Gasteiger partial charge in [0.25, 0.3) is 5.91 Å². The zero-order valence-electron chi connectivity index (χ0n) is 11.3. The van der Waals surface area contributed by atoms with Gasteiger partial charge >= 0.3 is 6.03 Å². The Morgan fingerprint density at radius 3 is 2.37 bits per heavy atom. The lowest BCUT2D eigenvalue weighted by Gasteiger charge is -2.15. The van der Waals surface area contributed by atoms with E-state index in [0.717, 1.165) is 24.1 Å². The van der Waals surface area contributed by atoms with Crippen molar-refractivity contribution in [1.82, 2.24) is 10.2 Å². The summed E-state index contributed by atoms with van der Waals surface area (Å²) in [5.74, 6) is -0.158. The number of rotatable bonds is 4. The highest BCUT2D eigenvalue weighted by Gasteiger charge is 2.43. The first-order valence-electron chi connectivity index (χ1n) is 6.39.